The summed E-state index contributed by atoms with van der Waals surface area (Å²) >= 11 is 7.85. The number of nitrogens with zero attached hydrogens (tertiary/aromatic N) is 1. The van der Waals surface area contributed by atoms with E-state index in [9.17, 15) is 20.4 Å². The van der Waals surface area contributed by atoms with Gasteiger partial charge in [0.1, 0.15) is 30.2 Å². The molecule has 0 saturated carbocycles. The van der Waals surface area contributed by atoms with Crippen LogP contribution in [0.25, 0.3) is 10.9 Å². The summed E-state index contributed by atoms with van der Waals surface area (Å²) in [6, 6.07) is 11.3. The highest BCUT2D eigenvalue weighted by atomic mass is 35.5. The molecule has 31 heavy (non-hydrogen) atoms. The third-order valence-electron chi connectivity index (χ3n) is 5.49. The fraction of sp³-hybridized carbons (Fsp3) is 0.364. The fourth-order valence-corrected chi connectivity index (χ4v) is 5.21. The van der Waals surface area contributed by atoms with Crippen molar-refractivity contribution in [1.82, 2.24) is 4.57 Å². The molecule has 1 aliphatic heterocycles. The van der Waals surface area contributed by atoms with E-state index in [0.29, 0.717) is 10.5 Å². The van der Waals surface area contributed by atoms with Gasteiger partial charge in [0.25, 0.3) is 0 Å². The zero-order valence-corrected chi connectivity index (χ0v) is 18.5. The number of benzene rings is 2. The van der Waals surface area contributed by atoms with Crippen molar-refractivity contribution in [2.45, 2.75) is 47.4 Å². The van der Waals surface area contributed by atoms with Crippen molar-refractivity contribution in [3.8, 4) is 5.75 Å². The highest BCUT2D eigenvalue weighted by Crippen LogP contribution is 2.41. The normalized spacial score (nSPS) is 26.4. The van der Waals surface area contributed by atoms with Crippen LogP contribution >= 0.6 is 23.4 Å². The minimum atomic E-state index is -1.47. The molecule has 7 nitrogen and oxygen atoms in total. The van der Waals surface area contributed by atoms with E-state index in [4.69, 9.17) is 21.1 Å². The first-order valence-electron chi connectivity index (χ1n) is 9.77. The standard InChI is InChI=1S/C22H24ClNO6S/c1-11-7-12(23)8-15-18(11)17(31-14-5-3-13(29-2)4-6-14)9-24(15)22-21(28)20(27)19(26)16(10-25)30-22/h3-9,16,19-22,25-28H,10H2,1-2H3/t16-,19-,20+,21-,22-/m1/s1. The average Bonchev–Trinajstić information content (AvgIpc) is 3.11. The number of fused-ring (bicyclic) bond motifs is 1. The van der Waals surface area contributed by atoms with Crippen LogP contribution in [-0.4, -0.2) is 63.1 Å². The first-order valence-corrected chi connectivity index (χ1v) is 11.0. The summed E-state index contributed by atoms with van der Waals surface area (Å²) < 4.78 is 12.7. The van der Waals surface area contributed by atoms with Crippen molar-refractivity contribution in [3.63, 3.8) is 0 Å². The van der Waals surface area contributed by atoms with Crippen LogP contribution in [0.4, 0.5) is 0 Å². The Kier molecular flexibility index (Phi) is 6.50. The van der Waals surface area contributed by atoms with Crippen LogP contribution in [0, 0.1) is 6.92 Å². The third kappa shape index (κ3) is 4.17. The second-order valence-electron chi connectivity index (χ2n) is 7.51. The molecule has 0 spiro atoms. The first kappa shape index (κ1) is 22.4. The van der Waals surface area contributed by atoms with E-state index in [1.54, 1.807) is 17.7 Å². The molecule has 1 aromatic heterocycles. The topological polar surface area (TPSA) is 104 Å². The Bertz CT molecular complexity index is 1070. The molecule has 1 saturated heterocycles. The van der Waals surface area contributed by atoms with Crippen molar-refractivity contribution in [1.29, 1.82) is 0 Å². The SMILES string of the molecule is COc1ccc(Sc2cn([C@@H]3O[C@H](CO)[C@@H](O)[C@H](O)[C@H]3O)c3cc(Cl)cc(C)c23)cc1. The number of aliphatic hydroxyl groups excluding tert-OH is 4. The van der Waals surface area contributed by atoms with Gasteiger partial charge in [0.05, 0.1) is 19.2 Å². The fourth-order valence-electron chi connectivity index (χ4n) is 3.88. The lowest BCUT2D eigenvalue weighted by atomic mass is 9.98. The van der Waals surface area contributed by atoms with Gasteiger partial charge in [0, 0.05) is 26.4 Å². The van der Waals surface area contributed by atoms with Gasteiger partial charge in [-0.25, -0.2) is 0 Å². The first-order chi connectivity index (χ1) is 14.8. The maximum atomic E-state index is 10.6. The highest BCUT2D eigenvalue weighted by molar-refractivity contribution is 7.99. The molecule has 166 valence electrons. The Morgan fingerprint density at radius 3 is 2.45 bits per heavy atom. The van der Waals surface area contributed by atoms with Gasteiger partial charge in [0.2, 0.25) is 0 Å². The summed E-state index contributed by atoms with van der Waals surface area (Å²) in [5.74, 6) is 0.760. The molecule has 2 aromatic carbocycles. The van der Waals surface area contributed by atoms with Crippen LogP contribution in [0.5, 0.6) is 5.75 Å². The average molecular weight is 466 g/mol. The minimum Gasteiger partial charge on any atom is -0.497 e. The predicted octanol–water partition coefficient (Wildman–Crippen LogP) is 2.74. The Hall–Kier alpha value is -1.78. The highest BCUT2D eigenvalue weighted by Gasteiger charge is 2.44. The van der Waals surface area contributed by atoms with Crippen molar-refractivity contribution >= 4 is 34.3 Å². The number of ether oxygens (including phenoxy) is 2. The van der Waals surface area contributed by atoms with Crippen LogP contribution in [0.15, 0.2) is 52.4 Å². The Morgan fingerprint density at radius 1 is 1.10 bits per heavy atom. The Morgan fingerprint density at radius 2 is 1.81 bits per heavy atom. The summed E-state index contributed by atoms with van der Waals surface area (Å²) in [5.41, 5.74) is 1.66. The van der Waals surface area contributed by atoms with Crippen molar-refractivity contribution in [2.75, 3.05) is 13.7 Å². The van der Waals surface area contributed by atoms with Gasteiger partial charge < -0.3 is 34.5 Å². The molecular formula is C22H24ClNO6S. The second-order valence-corrected chi connectivity index (χ2v) is 9.07. The van der Waals surface area contributed by atoms with Crippen LogP contribution in [0.1, 0.15) is 11.8 Å². The molecule has 2 heterocycles. The number of rotatable bonds is 5. The largest absolute Gasteiger partial charge is 0.497 e. The summed E-state index contributed by atoms with van der Waals surface area (Å²) in [5, 5.41) is 42.0. The molecule has 4 N–H and O–H groups in total. The van der Waals surface area contributed by atoms with Gasteiger partial charge in [-0.05, 0) is 48.9 Å². The molecule has 0 bridgehead atoms. The van der Waals surface area contributed by atoms with Gasteiger partial charge in [-0.1, -0.05) is 23.4 Å². The van der Waals surface area contributed by atoms with E-state index < -0.39 is 37.3 Å². The van der Waals surface area contributed by atoms with Crippen molar-refractivity contribution < 1.29 is 29.9 Å². The number of aryl methyl sites for hydroxylation is 1. The number of aromatic nitrogens is 1. The number of hydrogen-bond donors (Lipinski definition) is 4. The van der Waals surface area contributed by atoms with Gasteiger partial charge in [-0.15, -0.1) is 0 Å². The van der Waals surface area contributed by atoms with Crippen LogP contribution < -0.4 is 4.74 Å². The molecule has 1 aliphatic rings. The second kappa shape index (κ2) is 8.99. The third-order valence-corrected chi connectivity index (χ3v) is 6.74. The zero-order chi connectivity index (χ0) is 22.3. The number of aliphatic hydroxyl groups is 4. The van der Waals surface area contributed by atoms with E-state index >= 15 is 0 Å². The monoisotopic (exact) mass is 465 g/mol. The minimum absolute atomic E-state index is 0.492. The van der Waals surface area contributed by atoms with Crippen LogP contribution in [0.3, 0.4) is 0 Å². The molecule has 0 aliphatic carbocycles. The van der Waals surface area contributed by atoms with E-state index in [2.05, 4.69) is 0 Å². The molecule has 9 heteroatoms. The summed E-state index contributed by atoms with van der Waals surface area (Å²) in [6.07, 6.45) is -4.47. The molecular weight excluding hydrogens is 442 g/mol. The molecule has 0 unspecified atom stereocenters. The van der Waals surface area contributed by atoms with Crippen molar-refractivity contribution in [3.05, 3.63) is 53.2 Å². The lowest BCUT2D eigenvalue weighted by molar-refractivity contribution is -0.250. The van der Waals surface area contributed by atoms with Crippen molar-refractivity contribution in [2.24, 2.45) is 0 Å². The van der Waals surface area contributed by atoms with E-state index in [1.165, 1.54) is 11.8 Å². The van der Waals surface area contributed by atoms with Gasteiger partial charge >= 0.3 is 0 Å². The number of halogens is 1. The molecule has 0 radical (unpaired) electrons. The Balaban J connectivity index is 1.80. The number of methoxy groups -OCH3 is 1. The quantitative estimate of drug-likeness (QED) is 0.459. The Labute approximate surface area is 188 Å². The van der Waals surface area contributed by atoms with E-state index in [0.717, 1.165) is 26.5 Å². The molecule has 4 rings (SSSR count). The lowest BCUT2D eigenvalue weighted by Gasteiger charge is -2.40. The maximum absolute atomic E-state index is 10.6. The summed E-state index contributed by atoms with van der Waals surface area (Å²) in [6.45, 7) is 1.46. The van der Waals surface area contributed by atoms with E-state index in [1.807, 2.05) is 43.5 Å². The lowest BCUT2D eigenvalue weighted by Crippen LogP contribution is -2.56. The van der Waals surface area contributed by atoms with Gasteiger partial charge in [-0.2, -0.15) is 0 Å². The smallest absolute Gasteiger partial charge is 0.163 e. The van der Waals surface area contributed by atoms with Crippen LogP contribution in [0.2, 0.25) is 5.02 Å². The predicted molar refractivity (Wildman–Crippen MR) is 118 cm³/mol. The summed E-state index contributed by atoms with van der Waals surface area (Å²) in [7, 11) is 1.61. The maximum Gasteiger partial charge on any atom is 0.163 e. The molecule has 5 atom stereocenters. The number of hydrogen-bond acceptors (Lipinski definition) is 7. The zero-order valence-electron chi connectivity index (χ0n) is 17.0. The molecule has 3 aromatic rings. The molecule has 1 fully saturated rings. The van der Waals surface area contributed by atoms with E-state index in [-0.39, 0.29) is 0 Å². The van der Waals surface area contributed by atoms with Gasteiger partial charge in [-0.3, -0.25) is 0 Å². The van der Waals surface area contributed by atoms with Gasteiger partial charge in [0.15, 0.2) is 6.23 Å². The molecule has 0 amide bonds. The summed E-state index contributed by atoms with van der Waals surface area (Å²) in [4.78, 5) is 1.90. The van der Waals surface area contributed by atoms with Crippen LogP contribution in [-0.2, 0) is 4.74 Å².